The maximum Gasteiger partial charge on any atom is 0.235 e. The summed E-state index contributed by atoms with van der Waals surface area (Å²) in [5, 5.41) is 3.40. The molecule has 1 aliphatic carbocycles. The summed E-state index contributed by atoms with van der Waals surface area (Å²) in [6.45, 7) is 4.66. The molecule has 0 bridgehead atoms. The van der Waals surface area contributed by atoms with Crippen molar-refractivity contribution in [3.63, 3.8) is 0 Å². The molecule has 7 aromatic carbocycles. The van der Waals surface area contributed by atoms with E-state index in [1.54, 1.807) is 0 Å². The molecule has 9 aromatic rings. The average Bonchev–Trinajstić information content (AvgIpc) is 3.62. The van der Waals surface area contributed by atoms with Crippen LogP contribution >= 0.6 is 0 Å². The van der Waals surface area contributed by atoms with Gasteiger partial charge in [-0.1, -0.05) is 147 Å². The van der Waals surface area contributed by atoms with Crippen molar-refractivity contribution in [1.29, 1.82) is 0 Å². The minimum absolute atomic E-state index is 0.00945. The van der Waals surface area contributed by atoms with E-state index < -0.39 is 0 Å². The van der Waals surface area contributed by atoms with Crippen LogP contribution in [0.1, 0.15) is 25.0 Å². The molecule has 0 spiro atoms. The fraction of sp³-hybridized carbons (Fsp3) is 0.0638. The Hall–Kier alpha value is -6.32. The highest BCUT2D eigenvalue weighted by atomic mass is 15.2. The van der Waals surface area contributed by atoms with Gasteiger partial charge in [0.05, 0.1) is 22.2 Å². The number of nitrogens with zero attached hydrogens (tertiary/aromatic N) is 3. The van der Waals surface area contributed by atoms with Crippen LogP contribution in [0.5, 0.6) is 0 Å². The van der Waals surface area contributed by atoms with E-state index in [-0.39, 0.29) is 5.41 Å². The minimum atomic E-state index is -0.00945. The lowest BCUT2D eigenvalue weighted by Gasteiger charge is -2.21. The zero-order chi connectivity index (χ0) is 33.4. The Labute approximate surface area is 291 Å². The van der Waals surface area contributed by atoms with Gasteiger partial charge in [0, 0.05) is 27.1 Å². The van der Waals surface area contributed by atoms with E-state index in [9.17, 15) is 0 Å². The lowest BCUT2D eigenvalue weighted by atomic mass is 9.82. The summed E-state index contributed by atoms with van der Waals surface area (Å²) in [4.78, 5) is 10.5. The molecule has 10 rings (SSSR count). The molecule has 0 amide bonds. The summed E-state index contributed by atoms with van der Waals surface area (Å²) in [6.07, 6.45) is 0. The van der Waals surface area contributed by atoms with Crippen LogP contribution in [0.15, 0.2) is 164 Å². The molecule has 0 fully saturated rings. The van der Waals surface area contributed by atoms with E-state index >= 15 is 0 Å². The Kier molecular flexibility index (Phi) is 6.22. The van der Waals surface area contributed by atoms with Gasteiger partial charge in [0.2, 0.25) is 5.95 Å². The highest BCUT2D eigenvalue weighted by Crippen LogP contribution is 2.49. The fourth-order valence-electron chi connectivity index (χ4n) is 8.10. The first-order chi connectivity index (χ1) is 24.5. The zero-order valence-electron chi connectivity index (χ0n) is 27.9. The van der Waals surface area contributed by atoms with Gasteiger partial charge in [0.25, 0.3) is 0 Å². The largest absolute Gasteiger partial charge is 0.278 e. The molecule has 0 saturated heterocycles. The monoisotopic (exact) mass is 639 g/mol. The van der Waals surface area contributed by atoms with E-state index in [1.165, 1.54) is 55.3 Å². The molecular formula is C47H33N3. The highest BCUT2D eigenvalue weighted by Gasteiger charge is 2.35. The Morgan fingerprint density at radius 2 is 1.02 bits per heavy atom. The maximum absolute atomic E-state index is 5.32. The Balaban J connectivity index is 1.13. The molecule has 0 atom stereocenters. The van der Waals surface area contributed by atoms with Gasteiger partial charge in [-0.15, -0.1) is 0 Å². The summed E-state index contributed by atoms with van der Waals surface area (Å²) in [5.41, 5.74) is 15.3. The predicted molar refractivity (Wildman–Crippen MR) is 208 cm³/mol. The van der Waals surface area contributed by atoms with Crippen molar-refractivity contribution in [1.82, 2.24) is 14.5 Å². The van der Waals surface area contributed by atoms with Crippen molar-refractivity contribution < 1.29 is 0 Å². The Bertz CT molecular complexity index is 2770. The van der Waals surface area contributed by atoms with Gasteiger partial charge < -0.3 is 0 Å². The molecule has 2 heterocycles. The van der Waals surface area contributed by atoms with Crippen LogP contribution < -0.4 is 0 Å². The molecule has 236 valence electrons. The number of rotatable bonds is 4. The van der Waals surface area contributed by atoms with Crippen LogP contribution in [-0.2, 0) is 5.41 Å². The minimum Gasteiger partial charge on any atom is -0.278 e. The second-order valence-corrected chi connectivity index (χ2v) is 13.8. The Morgan fingerprint density at radius 1 is 0.420 bits per heavy atom. The van der Waals surface area contributed by atoms with E-state index in [1.807, 2.05) is 0 Å². The van der Waals surface area contributed by atoms with E-state index in [0.29, 0.717) is 5.95 Å². The number of para-hydroxylation sites is 2. The van der Waals surface area contributed by atoms with Crippen molar-refractivity contribution >= 4 is 32.7 Å². The van der Waals surface area contributed by atoms with Crippen molar-refractivity contribution in [2.24, 2.45) is 0 Å². The third-order valence-corrected chi connectivity index (χ3v) is 10.6. The molecule has 0 saturated carbocycles. The number of aromatic nitrogens is 3. The van der Waals surface area contributed by atoms with Gasteiger partial charge >= 0.3 is 0 Å². The van der Waals surface area contributed by atoms with Crippen LogP contribution in [0.3, 0.4) is 0 Å². The van der Waals surface area contributed by atoms with Crippen molar-refractivity contribution in [2.45, 2.75) is 19.3 Å². The number of hydrogen-bond donors (Lipinski definition) is 0. The summed E-state index contributed by atoms with van der Waals surface area (Å²) >= 11 is 0. The number of fused-ring (bicyclic) bond motifs is 7. The molecule has 0 radical (unpaired) electrons. The highest BCUT2D eigenvalue weighted by molar-refractivity contribution is 6.10. The van der Waals surface area contributed by atoms with Gasteiger partial charge in [0.1, 0.15) is 0 Å². The topological polar surface area (TPSA) is 30.7 Å². The summed E-state index contributed by atoms with van der Waals surface area (Å²) in [7, 11) is 0. The van der Waals surface area contributed by atoms with Crippen LogP contribution in [0.4, 0.5) is 0 Å². The van der Waals surface area contributed by atoms with E-state index in [0.717, 1.165) is 33.2 Å². The average molecular weight is 640 g/mol. The van der Waals surface area contributed by atoms with Gasteiger partial charge in [0.15, 0.2) is 0 Å². The van der Waals surface area contributed by atoms with Gasteiger partial charge in [-0.05, 0) is 74.8 Å². The van der Waals surface area contributed by atoms with Crippen molar-refractivity contribution in [3.8, 4) is 50.6 Å². The normalized spacial score (nSPS) is 13.2. The van der Waals surface area contributed by atoms with Gasteiger partial charge in [-0.2, -0.15) is 0 Å². The molecule has 0 unspecified atom stereocenters. The second-order valence-electron chi connectivity index (χ2n) is 13.8. The second kappa shape index (κ2) is 10.8. The predicted octanol–water partition coefficient (Wildman–Crippen LogP) is 12.0. The van der Waals surface area contributed by atoms with Crippen LogP contribution in [-0.4, -0.2) is 14.5 Å². The molecule has 50 heavy (non-hydrogen) atoms. The molecule has 0 aliphatic heterocycles. The maximum atomic E-state index is 5.32. The summed E-state index contributed by atoms with van der Waals surface area (Å²) in [6, 6.07) is 58.8. The molecule has 1 aliphatic rings. The SMILES string of the molecule is CC1(C)c2ccccc2-c2cc(-c3ccc4c(c3)c3ccccc3n4-c3nc(-c4ccc(-c5ccccc5)cc4)c4ccccc4n3)ccc21. The third kappa shape index (κ3) is 4.30. The van der Waals surface area contributed by atoms with Gasteiger partial charge in [-0.25, -0.2) is 9.97 Å². The number of hydrogen-bond acceptors (Lipinski definition) is 2. The molecular weight excluding hydrogens is 607 g/mol. The van der Waals surface area contributed by atoms with Crippen LogP contribution in [0, 0.1) is 0 Å². The molecule has 3 nitrogen and oxygen atoms in total. The van der Waals surface area contributed by atoms with Crippen LogP contribution in [0.25, 0.3) is 83.3 Å². The van der Waals surface area contributed by atoms with E-state index in [2.05, 4.69) is 182 Å². The smallest absolute Gasteiger partial charge is 0.235 e. The zero-order valence-corrected chi connectivity index (χ0v) is 27.9. The Morgan fingerprint density at radius 3 is 1.88 bits per heavy atom. The summed E-state index contributed by atoms with van der Waals surface area (Å²) < 4.78 is 2.23. The van der Waals surface area contributed by atoms with Crippen molar-refractivity contribution in [2.75, 3.05) is 0 Å². The molecule has 3 heteroatoms. The number of benzene rings is 7. The first-order valence-corrected chi connectivity index (χ1v) is 17.3. The first kappa shape index (κ1) is 28.7. The van der Waals surface area contributed by atoms with Crippen LogP contribution in [0.2, 0.25) is 0 Å². The quantitative estimate of drug-likeness (QED) is 0.192. The van der Waals surface area contributed by atoms with Crippen molar-refractivity contribution in [3.05, 3.63) is 175 Å². The molecule has 2 aromatic heterocycles. The fourth-order valence-corrected chi connectivity index (χ4v) is 8.10. The molecule has 0 N–H and O–H groups in total. The van der Waals surface area contributed by atoms with E-state index in [4.69, 9.17) is 9.97 Å². The van der Waals surface area contributed by atoms with Gasteiger partial charge in [-0.3, -0.25) is 4.57 Å². The lowest BCUT2D eigenvalue weighted by molar-refractivity contribution is 0.660. The summed E-state index contributed by atoms with van der Waals surface area (Å²) in [5.74, 6) is 0.668. The lowest BCUT2D eigenvalue weighted by Crippen LogP contribution is -2.14. The third-order valence-electron chi connectivity index (χ3n) is 10.6. The first-order valence-electron chi connectivity index (χ1n) is 17.3. The standard InChI is InChI=1S/C47H33N3/c1-47(2)40-17-9-6-14-35(40)38-28-33(24-26-41(38)47)34-25-27-44-39(29-34)36-15-8-11-19-43(36)50(44)46-48-42-18-10-7-16-37(42)45(49-46)32-22-20-31(21-23-32)30-12-4-3-5-13-30/h3-29H,1-2H3.